The summed E-state index contributed by atoms with van der Waals surface area (Å²) in [6, 6.07) is 0. The third kappa shape index (κ3) is 1.91. The van der Waals surface area contributed by atoms with E-state index in [0.29, 0.717) is 22.9 Å². The molecule has 0 aliphatic carbocycles. The van der Waals surface area contributed by atoms with Crippen LogP contribution in [0.15, 0.2) is 12.5 Å². The summed E-state index contributed by atoms with van der Waals surface area (Å²) in [4.78, 5) is 21.5. The average molecular weight is 319 g/mol. The predicted octanol–water partition coefficient (Wildman–Crippen LogP) is 0.541. The van der Waals surface area contributed by atoms with Crippen molar-refractivity contribution in [3.05, 3.63) is 29.9 Å². The summed E-state index contributed by atoms with van der Waals surface area (Å²) in [5, 5.41) is 8.51. The Kier molecular flexibility index (Phi) is 2.79. The van der Waals surface area contributed by atoms with E-state index in [1.54, 1.807) is 6.33 Å². The maximum absolute atomic E-state index is 13.9. The van der Waals surface area contributed by atoms with Gasteiger partial charge in [-0.15, -0.1) is 10.2 Å². The largest absolute Gasteiger partial charge is 0.364 e. The lowest BCUT2D eigenvalue weighted by Gasteiger charge is -2.26. The van der Waals surface area contributed by atoms with Gasteiger partial charge in [0.2, 0.25) is 0 Å². The van der Waals surface area contributed by atoms with Crippen molar-refractivity contribution in [2.75, 3.05) is 11.4 Å². The van der Waals surface area contributed by atoms with E-state index in [-0.39, 0.29) is 11.2 Å². The smallest absolute Gasteiger partial charge is 0.268 e. The molecule has 0 atom stereocenters. The van der Waals surface area contributed by atoms with Crippen molar-refractivity contribution in [3.63, 3.8) is 0 Å². The van der Waals surface area contributed by atoms with E-state index in [1.807, 2.05) is 9.47 Å². The van der Waals surface area contributed by atoms with Crippen molar-refractivity contribution in [1.82, 2.24) is 24.7 Å². The first-order valence-electron chi connectivity index (χ1n) is 6.50. The Morgan fingerprint density at radius 1 is 1.41 bits per heavy atom. The molecule has 1 amide bonds. The van der Waals surface area contributed by atoms with Crippen molar-refractivity contribution in [1.29, 1.82) is 0 Å². The SMILES string of the molecule is NC(=O)c1ncc(F)c2nc(N3CCn4cnnc4C3)sc12. The van der Waals surface area contributed by atoms with Crippen molar-refractivity contribution in [2.24, 2.45) is 5.73 Å². The fraction of sp³-hybridized carbons (Fsp3) is 0.250. The molecule has 22 heavy (non-hydrogen) atoms. The van der Waals surface area contributed by atoms with Crippen molar-refractivity contribution >= 4 is 32.6 Å². The van der Waals surface area contributed by atoms with Crippen LogP contribution in [0.25, 0.3) is 10.2 Å². The lowest BCUT2D eigenvalue weighted by molar-refractivity contribution is 0.0997. The molecule has 10 heteroatoms. The van der Waals surface area contributed by atoms with Gasteiger partial charge in [-0.25, -0.2) is 14.4 Å². The van der Waals surface area contributed by atoms with Crippen LogP contribution in [0.1, 0.15) is 16.3 Å². The highest BCUT2D eigenvalue weighted by atomic mass is 32.1. The number of halogens is 1. The first kappa shape index (κ1) is 13.1. The summed E-state index contributed by atoms with van der Waals surface area (Å²) >= 11 is 1.20. The molecular weight excluding hydrogens is 309 g/mol. The molecule has 0 bridgehead atoms. The summed E-state index contributed by atoms with van der Waals surface area (Å²) in [6.45, 7) is 1.95. The summed E-state index contributed by atoms with van der Waals surface area (Å²) in [6.07, 6.45) is 2.65. The van der Waals surface area contributed by atoms with Gasteiger partial charge in [0.25, 0.3) is 5.91 Å². The van der Waals surface area contributed by atoms with Crippen LogP contribution in [0, 0.1) is 5.82 Å². The van der Waals surface area contributed by atoms with E-state index in [1.165, 1.54) is 11.3 Å². The lowest BCUT2D eigenvalue weighted by atomic mass is 10.3. The number of anilines is 1. The molecule has 3 aromatic rings. The number of thiazole rings is 1. The second kappa shape index (κ2) is 4.70. The molecule has 3 aromatic heterocycles. The predicted molar refractivity (Wildman–Crippen MR) is 77.0 cm³/mol. The molecule has 0 aromatic carbocycles. The van der Waals surface area contributed by atoms with Gasteiger partial charge >= 0.3 is 0 Å². The van der Waals surface area contributed by atoms with Crippen molar-refractivity contribution in [3.8, 4) is 0 Å². The first-order valence-corrected chi connectivity index (χ1v) is 7.31. The van der Waals surface area contributed by atoms with Gasteiger partial charge in [0.05, 0.1) is 17.4 Å². The Hall–Kier alpha value is -2.62. The van der Waals surface area contributed by atoms with Gasteiger partial charge in [0.1, 0.15) is 17.5 Å². The van der Waals surface area contributed by atoms with Crippen LogP contribution in [0.5, 0.6) is 0 Å². The van der Waals surface area contributed by atoms with E-state index < -0.39 is 11.7 Å². The number of nitrogens with zero attached hydrogens (tertiary/aromatic N) is 6. The molecule has 4 rings (SSSR count). The normalized spacial score (nSPS) is 14.3. The van der Waals surface area contributed by atoms with E-state index in [4.69, 9.17) is 5.73 Å². The maximum atomic E-state index is 13.9. The Morgan fingerprint density at radius 3 is 3.09 bits per heavy atom. The number of nitrogens with two attached hydrogens (primary N) is 1. The average Bonchev–Trinajstić information content (AvgIpc) is 3.13. The van der Waals surface area contributed by atoms with E-state index >= 15 is 0 Å². The van der Waals surface area contributed by atoms with Crippen LogP contribution in [0.2, 0.25) is 0 Å². The van der Waals surface area contributed by atoms with E-state index in [2.05, 4.69) is 20.2 Å². The number of hydrogen-bond acceptors (Lipinski definition) is 7. The number of hydrogen-bond donors (Lipinski definition) is 1. The fourth-order valence-electron chi connectivity index (χ4n) is 2.41. The molecule has 2 N–H and O–H groups in total. The minimum Gasteiger partial charge on any atom is -0.364 e. The summed E-state index contributed by atoms with van der Waals surface area (Å²) < 4.78 is 16.2. The highest BCUT2D eigenvalue weighted by molar-refractivity contribution is 7.22. The van der Waals surface area contributed by atoms with Crippen molar-refractivity contribution in [2.45, 2.75) is 13.1 Å². The number of carbonyl (C=O) groups excluding carboxylic acids is 1. The number of fused-ring (bicyclic) bond motifs is 2. The zero-order chi connectivity index (χ0) is 15.3. The standard InChI is InChI=1S/C12H10FN7OS/c13-6-3-15-9(11(14)21)10-8(6)17-12(22-10)19-1-2-20-5-16-18-7(20)4-19/h3,5H,1-2,4H2,(H2,14,21). The molecule has 0 fully saturated rings. The first-order chi connectivity index (χ1) is 10.6. The Bertz CT molecular complexity index is 889. The summed E-state index contributed by atoms with van der Waals surface area (Å²) in [5.41, 5.74) is 5.45. The topological polar surface area (TPSA) is 103 Å². The number of primary amides is 1. The van der Waals surface area contributed by atoms with E-state index in [0.717, 1.165) is 18.6 Å². The molecule has 4 heterocycles. The van der Waals surface area contributed by atoms with Crippen LogP contribution in [-0.2, 0) is 13.1 Å². The molecule has 8 nitrogen and oxygen atoms in total. The highest BCUT2D eigenvalue weighted by Crippen LogP contribution is 2.33. The second-order valence-corrected chi connectivity index (χ2v) is 5.83. The minimum atomic E-state index is -0.696. The zero-order valence-electron chi connectivity index (χ0n) is 11.2. The molecule has 0 saturated heterocycles. The summed E-state index contributed by atoms with van der Waals surface area (Å²) in [7, 11) is 0. The molecule has 0 unspecified atom stereocenters. The number of pyridine rings is 1. The van der Waals surface area contributed by atoms with Crippen LogP contribution in [-0.4, -0.2) is 37.2 Å². The molecule has 1 aliphatic heterocycles. The van der Waals surface area contributed by atoms with Gasteiger partial charge < -0.3 is 15.2 Å². The molecular formula is C12H10FN7OS. The van der Waals surface area contributed by atoms with Gasteiger partial charge in [-0.2, -0.15) is 0 Å². The monoisotopic (exact) mass is 319 g/mol. The number of rotatable bonds is 2. The molecule has 0 spiro atoms. The number of aromatic nitrogens is 5. The van der Waals surface area contributed by atoms with Gasteiger partial charge in [-0.05, 0) is 0 Å². The van der Waals surface area contributed by atoms with Crippen LogP contribution < -0.4 is 10.6 Å². The van der Waals surface area contributed by atoms with Gasteiger partial charge in [0.15, 0.2) is 16.8 Å². The Morgan fingerprint density at radius 2 is 2.27 bits per heavy atom. The van der Waals surface area contributed by atoms with Crippen LogP contribution in [0.3, 0.4) is 0 Å². The van der Waals surface area contributed by atoms with Gasteiger partial charge in [-0.3, -0.25) is 4.79 Å². The molecule has 1 aliphatic rings. The van der Waals surface area contributed by atoms with E-state index in [9.17, 15) is 9.18 Å². The van der Waals surface area contributed by atoms with Gasteiger partial charge in [-0.1, -0.05) is 11.3 Å². The number of carbonyl (C=O) groups is 1. The zero-order valence-corrected chi connectivity index (χ0v) is 12.0. The quantitative estimate of drug-likeness (QED) is 0.739. The maximum Gasteiger partial charge on any atom is 0.268 e. The molecule has 0 saturated carbocycles. The molecule has 112 valence electrons. The molecule has 0 radical (unpaired) electrons. The second-order valence-electron chi connectivity index (χ2n) is 4.86. The van der Waals surface area contributed by atoms with Crippen molar-refractivity contribution < 1.29 is 9.18 Å². The third-order valence-corrected chi connectivity index (χ3v) is 4.63. The van der Waals surface area contributed by atoms with Crippen LogP contribution in [0.4, 0.5) is 9.52 Å². The minimum absolute atomic E-state index is 0.0420. The Labute approximate surface area is 127 Å². The summed E-state index contributed by atoms with van der Waals surface area (Å²) in [5.74, 6) is -0.444. The third-order valence-electron chi connectivity index (χ3n) is 3.51. The Balaban J connectivity index is 1.79. The lowest BCUT2D eigenvalue weighted by Crippen LogP contribution is -2.33. The van der Waals surface area contributed by atoms with Crippen LogP contribution >= 0.6 is 11.3 Å². The number of amides is 1. The fourth-order valence-corrected chi connectivity index (χ4v) is 3.51. The van der Waals surface area contributed by atoms with Gasteiger partial charge in [0, 0.05) is 13.1 Å². The highest BCUT2D eigenvalue weighted by Gasteiger charge is 2.23.